The molecule has 0 spiro atoms. The number of carbonyl (C=O) groups is 2. The van der Waals surface area contributed by atoms with Gasteiger partial charge in [-0.2, -0.15) is 0 Å². The third-order valence-corrected chi connectivity index (χ3v) is 8.96. The van der Waals surface area contributed by atoms with Crippen LogP contribution in [0.1, 0.15) is 44.9 Å². The lowest BCUT2D eigenvalue weighted by Gasteiger charge is -2.38. The number of hydrogen-bond donors (Lipinski definition) is 2. The van der Waals surface area contributed by atoms with Gasteiger partial charge >= 0.3 is 5.97 Å². The van der Waals surface area contributed by atoms with Crippen molar-refractivity contribution in [2.75, 3.05) is 17.7 Å². The van der Waals surface area contributed by atoms with Gasteiger partial charge in [-0.1, -0.05) is 55.5 Å². The molecular weight excluding hydrogens is 510 g/mol. The van der Waals surface area contributed by atoms with Crippen molar-refractivity contribution in [1.82, 2.24) is 9.71 Å². The van der Waals surface area contributed by atoms with Gasteiger partial charge < -0.3 is 5.11 Å². The number of aliphatic carboxylic acids is 1. The minimum atomic E-state index is -3.50. The van der Waals surface area contributed by atoms with Crippen molar-refractivity contribution < 1.29 is 23.1 Å². The molecule has 35 heavy (non-hydrogen) atoms. The van der Waals surface area contributed by atoms with Crippen LogP contribution in [-0.2, 0) is 19.6 Å². The van der Waals surface area contributed by atoms with E-state index in [1.54, 1.807) is 6.07 Å². The van der Waals surface area contributed by atoms with E-state index < -0.39 is 28.0 Å². The normalized spacial score (nSPS) is 24.3. The number of rotatable bonds is 7. The number of amides is 1. The van der Waals surface area contributed by atoms with Crippen LogP contribution in [0.5, 0.6) is 0 Å². The number of carboxylic acid groups (broad SMARTS) is 1. The van der Waals surface area contributed by atoms with Gasteiger partial charge in [-0.25, -0.2) is 18.1 Å². The number of sulfonamides is 1. The molecule has 2 fully saturated rings. The Kier molecular flexibility index (Phi) is 8.15. The van der Waals surface area contributed by atoms with Gasteiger partial charge in [0.15, 0.2) is 5.13 Å². The van der Waals surface area contributed by atoms with Crippen molar-refractivity contribution in [3.63, 3.8) is 0 Å². The Labute approximate surface area is 214 Å². The number of aromatic nitrogens is 1. The molecule has 190 valence electrons. The monoisotopic (exact) mass is 539 g/mol. The van der Waals surface area contributed by atoms with Gasteiger partial charge in [-0.05, 0) is 30.7 Å². The molecule has 11 heteroatoms. The van der Waals surface area contributed by atoms with Crippen LogP contribution in [0, 0.1) is 17.8 Å². The second-order valence-electron chi connectivity index (χ2n) is 9.52. The summed E-state index contributed by atoms with van der Waals surface area (Å²) in [5, 5.41) is 12.4. The Hall–Kier alpha value is -2.01. The maximum Gasteiger partial charge on any atom is 0.304 e. The van der Waals surface area contributed by atoms with Crippen molar-refractivity contribution in [2.45, 2.75) is 51.0 Å². The second kappa shape index (κ2) is 10.9. The van der Waals surface area contributed by atoms with E-state index in [9.17, 15) is 23.1 Å². The molecule has 1 aromatic heterocycles. The van der Waals surface area contributed by atoms with E-state index in [-0.39, 0.29) is 30.7 Å². The Morgan fingerprint density at radius 2 is 1.94 bits per heavy atom. The summed E-state index contributed by atoms with van der Waals surface area (Å²) in [6.45, 7) is 0.0921. The van der Waals surface area contributed by atoms with Crippen molar-refractivity contribution in [3.8, 4) is 11.3 Å². The summed E-state index contributed by atoms with van der Waals surface area (Å²) in [6.07, 6.45) is 6.06. The van der Waals surface area contributed by atoms with Gasteiger partial charge in [0.1, 0.15) is 0 Å². The SMILES string of the molecule is CS(=O)(=O)NC1CCC(C2CCCC2)C(CC(=O)O)C(=O)N(c2nc(-c3ccccc3Cl)cs2)C1. The average molecular weight is 540 g/mol. The zero-order valence-corrected chi connectivity index (χ0v) is 21.9. The van der Waals surface area contributed by atoms with E-state index in [0.29, 0.717) is 28.7 Å². The van der Waals surface area contributed by atoms with Crippen LogP contribution in [0.2, 0.25) is 5.02 Å². The topological polar surface area (TPSA) is 117 Å². The van der Waals surface area contributed by atoms with Gasteiger partial charge in [0, 0.05) is 28.6 Å². The molecular formula is C24H30ClN3O5S2. The molecule has 3 unspecified atom stereocenters. The first-order valence-electron chi connectivity index (χ1n) is 11.8. The number of thiazole rings is 1. The molecule has 0 bridgehead atoms. The summed E-state index contributed by atoms with van der Waals surface area (Å²) in [4.78, 5) is 31.9. The molecule has 1 aliphatic heterocycles. The standard InChI is InChI=1S/C24H30ClN3O5S2/c1-35(32,33)27-16-10-11-17(15-6-2-3-7-15)19(12-22(29)30)23(31)28(13-16)24-26-21(14-34-24)18-8-4-5-9-20(18)25/h4-5,8-9,14-17,19,27H,2-3,6-7,10-13H2,1H3,(H,29,30). The van der Waals surface area contributed by atoms with Gasteiger partial charge in [-0.3, -0.25) is 14.5 Å². The number of nitrogens with one attached hydrogen (secondary N) is 1. The van der Waals surface area contributed by atoms with Crippen molar-refractivity contribution >= 4 is 50.0 Å². The zero-order chi connectivity index (χ0) is 25.2. The van der Waals surface area contributed by atoms with Crippen LogP contribution in [0.3, 0.4) is 0 Å². The Balaban J connectivity index is 1.72. The minimum absolute atomic E-state index is 0.0921. The summed E-state index contributed by atoms with van der Waals surface area (Å²) in [7, 11) is -3.50. The van der Waals surface area contributed by atoms with Gasteiger partial charge in [0.25, 0.3) is 0 Å². The minimum Gasteiger partial charge on any atom is -0.481 e. The summed E-state index contributed by atoms with van der Waals surface area (Å²) < 4.78 is 26.8. The van der Waals surface area contributed by atoms with Crippen molar-refractivity contribution in [3.05, 3.63) is 34.7 Å². The van der Waals surface area contributed by atoms with Crippen LogP contribution in [0.25, 0.3) is 11.3 Å². The highest BCUT2D eigenvalue weighted by atomic mass is 35.5. The largest absolute Gasteiger partial charge is 0.481 e. The predicted molar refractivity (Wildman–Crippen MR) is 137 cm³/mol. The van der Waals surface area contributed by atoms with E-state index in [1.807, 2.05) is 23.6 Å². The van der Waals surface area contributed by atoms with Crippen LogP contribution >= 0.6 is 22.9 Å². The number of benzene rings is 1. The molecule has 2 aromatic rings. The fourth-order valence-corrected chi connectivity index (χ4v) is 7.38. The smallest absolute Gasteiger partial charge is 0.304 e. The molecule has 1 aliphatic carbocycles. The van der Waals surface area contributed by atoms with Crippen molar-refractivity contribution in [1.29, 1.82) is 0 Å². The highest BCUT2D eigenvalue weighted by molar-refractivity contribution is 7.88. The summed E-state index contributed by atoms with van der Waals surface area (Å²) >= 11 is 7.60. The molecule has 1 saturated carbocycles. The van der Waals surface area contributed by atoms with Gasteiger partial charge in [0.05, 0.1) is 24.3 Å². The summed E-state index contributed by atoms with van der Waals surface area (Å²) in [5.74, 6) is -1.84. The zero-order valence-electron chi connectivity index (χ0n) is 19.5. The first kappa shape index (κ1) is 26.1. The molecule has 3 atom stereocenters. The van der Waals surface area contributed by atoms with E-state index in [1.165, 1.54) is 16.2 Å². The Bertz CT molecular complexity index is 1180. The first-order chi connectivity index (χ1) is 16.6. The fraction of sp³-hybridized carbons (Fsp3) is 0.542. The fourth-order valence-electron chi connectivity index (χ4n) is 5.51. The number of nitrogens with zero attached hydrogens (tertiary/aromatic N) is 2. The van der Waals surface area contributed by atoms with Crippen LogP contribution in [0.15, 0.2) is 29.6 Å². The lowest BCUT2D eigenvalue weighted by atomic mass is 9.74. The molecule has 1 amide bonds. The maximum atomic E-state index is 14.0. The van der Waals surface area contributed by atoms with Crippen LogP contribution in [-0.4, -0.2) is 49.2 Å². The summed E-state index contributed by atoms with van der Waals surface area (Å²) in [6, 6.07) is 6.79. The molecule has 2 aliphatic rings. The quantitative estimate of drug-likeness (QED) is 0.538. The van der Waals surface area contributed by atoms with Gasteiger partial charge in [0.2, 0.25) is 15.9 Å². The first-order valence-corrected chi connectivity index (χ1v) is 15.0. The highest BCUT2D eigenvalue weighted by Crippen LogP contribution is 2.42. The van der Waals surface area contributed by atoms with Crippen molar-refractivity contribution in [2.24, 2.45) is 17.8 Å². The lowest BCUT2D eigenvalue weighted by Crippen LogP contribution is -2.51. The molecule has 1 aromatic carbocycles. The number of anilines is 1. The third kappa shape index (κ3) is 6.41. The number of hydrogen-bond acceptors (Lipinski definition) is 6. The molecule has 1 saturated heterocycles. The molecule has 8 nitrogen and oxygen atoms in total. The van der Waals surface area contributed by atoms with Gasteiger partial charge in [-0.15, -0.1) is 11.3 Å². The van der Waals surface area contributed by atoms with E-state index in [2.05, 4.69) is 9.71 Å². The Morgan fingerprint density at radius 1 is 1.23 bits per heavy atom. The van der Waals surface area contributed by atoms with Crippen LogP contribution in [0.4, 0.5) is 5.13 Å². The third-order valence-electron chi connectivity index (χ3n) is 7.00. The predicted octanol–water partition coefficient (Wildman–Crippen LogP) is 4.41. The number of carbonyl (C=O) groups excluding carboxylic acids is 1. The summed E-state index contributed by atoms with van der Waals surface area (Å²) in [5.41, 5.74) is 1.34. The van der Waals surface area contributed by atoms with E-state index in [4.69, 9.17) is 11.6 Å². The molecule has 2 N–H and O–H groups in total. The second-order valence-corrected chi connectivity index (χ2v) is 12.5. The van der Waals surface area contributed by atoms with E-state index in [0.717, 1.165) is 37.5 Å². The average Bonchev–Trinajstić information content (AvgIpc) is 3.47. The van der Waals surface area contributed by atoms with E-state index >= 15 is 0 Å². The maximum absolute atomic E-state index is 14.0. The van der Waals surface area contributed by atoms with Crippen LogP contribution < -0.4 is 9.62 Å². The molecule has 0 radical (unpaired) electrons. The lowest BCUT2D eigenvalue weighted by molar-refractivity contribution is -0.142. The molecule has 4 rings (SSSR count). The number of halogens is 1. The Morgan fingerprint density at radius 3 is 2.60 bits per heavy atom. The highest BCUT2D eigenvalue weighted by Gasteiger charge is 2.42. The number of carboxylic acids is 1. The molecule has 2 heterocycles.